The van der Waals surface area contributed by atoms with Crippen LogP contribution in [0.4, 0.5) is 0 Å². The summed E-state index contributed by atoms with van der Waals surface area (Å²) in [5.74, 6) is 1.50. The maximum atomic E-state index is 11.0. The van der Waals surface area contributed by atoms with Gasteiger partial charge in [0.25, 0.3) is 0 Å². The minimum Gasteiger partial charge on any atom is -0.504 e. The van der Waals surface area contributed by atoms with E-state index in [2.05, 4.69) is 12.6 Å². The average Bonchev–Trinajstić information content (AvgIpc) is 2.40. The van der Waals surface area contributed by atoms with Gasteiger partial charge in [-0.15, -0.1) is 0 Å². The first-order chi connectivity index (χ1) is 9.24. The number of hydrogen-bond donors (Lipinski definition) is 2. The number of aryl methyl sites for hydroxylation is 1. The lowest BCUT2D eigenvalue weighted by molar-refractivity contribution is 0.384. The molecule has 0 saturated carbocycles. The summed E-state index contributed by atoms with van der Waals surface area (Å²) < 4.78 is 4.97. The third kappa shape index (κ3) is 7.31. The molecule has 1 rings (SSSR count). The van der Waals surface area contributed by atoms with E-state index in [1.165, 1.54) is 50.7 Å². The fraction of sp³-hybridized carbons (Fsp3) is 0.667. The molecule has 0 radical (unpaired) electrons. The molecule has 0 unspecified atom stereocenters. The van der Waals surface area contributed by atoms with Gasteiger partial charge in [0.05, 0.1) is 0 Å². The number of hydrogen-bond acceptors (Lipinski definition) is 4. The Morgan fingerprint density at radius 1 is 0.947 bits per heavy atom. The van der Waals surface area contributed by atoms with Crippen molar-refractivity contribution in [2.75, 3.05) is 5.75 Å². The minimum absolute atomic E-state index is 0.0892. The Morgan fingerprint density at radius 3 is 2.16 bits per heavy atom. The van der Waals surface area contributed by atoms with Crippen molar-refractivity contribution >= 4 is 12.6 Å². The molecule has 0 aliphatic rings. The van der Waals surface area contributed by atoms with E-state index in [0.29, 0.717) is 12.2 Å². The first-order valence-electron chi connectivity index (χ1n) is 7.17. The van der Waals surface area contributed by atoms with Gasteiger partial charge in [-0.2, -0.15) is 12.6 Å². The summed E-state index contributed by atoms with van der Waals surface area (Å²) in [5, 5.41) is 9.52. The van der Waals surface area contributed by atoms with Crippen LogP contribution >= 0.6 is 12.6 Å². The van der Waals surface area contributed by atoms with Gasteiger partial charge in [0, 0.05) is 12.5 Å². The van der Waals surface area contributed by atoms with Crippen LogP contribution < -0.4 is 5.63 Å². The van der Waals surface area contributed by atoms with Crippen molar-refractivity contribution < 1.29 is 9.52 Å². The SMILES string of the molecule is O=c1ccc(O)c(CCCCCCCCCCS)o1. The third-order valence-electron chi connectivity index (χ3n) is 3.20. The Labute approximate surface area is 120 Å². The molecule has 3 nitrogen and oxygen atoms in total. The third-order valence-corrected chi connectivity index (χ3v) is 3.51. The maximum Gasteiger partial charge on any atom is 0.336 e. The van der Waals surface area contributed by atoms with E-state index in [1.807, 2.05) is 0 Å². The van der Waals surface area contributed by atoms with Gasteiger partial charge < -0.3 is 9.52 Å². The van der Waals surface area contributed by atoms with E-state index >= 15 is 0 Å². The van der Waals surface area contributed by atoms with Crippen LogP contribution in [0.1, 0.15) is 57.1 Å². The summed E-state index contributed by atoms with van der Waals surface area (Å²) in [4.78, 5) is 11.0. The Hall–Kier alpha value is -0.900. The smallest absolute Gasteiger partial charge is 0.336 e. The molecule has 0 fully saturated rings. The van der Waals surface area contributed by atoms with E-state index in [4.69, 9.17) is 4.42 Å². The standard InChI is InChI=1S/C15H24O3S/c16-13-10-11-15(17)18-14(13)9-7-5-3-1-2-4-6-8-12-19/h10-11,16,19H,1-9,12H2. The average molecular weight is 284 g/mol. The van der Waals surface area contributed by atoms with Crippen LogP contribution in [0.15, 0.2) is 21.3 Å². The van der Waals surface area contributed by atoms with Gasteiger partial charge in [0.1, 0.15) is 5.76 Å². The summed E-state index contributed by atoms with van der Waals surface area (Å²) in [6.07, 6.45) is 10.3. The normalized spacial score (nSPS) is 10.8. The Kier molecular flexibility index (Phi) is 8.47. The first-order valence-corrected chi connectivity index (χ1v) is 7.80. The van der Waals surface area contributed by atoms with Gasteiger partial charge in [-0.05, 0) is 24.7 Å². The van der Waals surface area contributed by atoms with Gasteiger partial charge in [-0.25, -0.2) is 4.79 Å². The first kappa shape index (κ1) is 16.2. The summed E-state index contributed by atoms with van der Waals surface area (Å²) in [5.41, 5.74) is -0.392. The molecule has 0 bridgehead atoms. The molecule has 108 valence electrons. The molecule has 0 aliphatic carbocycles. The summed E-state index contributed by atoms with van der Waals surface area (Å²) in [6, 6.07) is 2.65. The van der Waals surface area contributed by atoms with Crippen LogP contribution in [0.5, 0.6) is 5.75 Å². The Bertz CT molecular complexity index is 401. The van der Waals surface area contributed by atoms with Gasteiger partial charge in [0.15, 0.2) is 5.75 Å². The van der Waals surface area contributed by atoms with Crippen molar-refractivity contribution in [2.45, 2.75) is 57.8 Å². The second kappa shape index (κ2) is 9.96. The van der Waals surface area contributed by atoms with Crippen LogP contribution in [0.25, 0.3) is 0 Å². The molecular weight excluding hydrogens is 260 g/mol. The lowest BCUT2D eigenvalue weighted by Crippen LogP contribution is -1.99. The van der Waals surface area contributed by atoms with Crippen LogP contribution in [-0.4, -0.2) is 10.9 Å². The van der Waals surface area contributed by atoms with Crippen LogP contribution in [0.3, 0.4) is 0 Å². The molecule has 19 heavy (non-hydrogen) atoms. The zero-order valence-electron chi connectivity index (χ0n) is 11.4. The largest absolute Gasteiger partial charge is 0.504 e. The van der Waals surface area contributed by atoms with Crippen molar-refractivity contribution in [2.24, 2.45) is 0 Å². The highest BCUT2D eigenvalue weighted by Gasteiger charge is 2.04. The van der Waals surface area contributed by atoms with Crippen molar-refractivity contribution in [3.05, 3.63) is 28.3 Å². The fourth-order valence-corrected chi connectivity index (χ4v) is 2.31. The highest BCUT2D eigenvalue weighted by Crippen LogP contribution is 2.17. The van der Waals surface area contributed by atoms with E-state index in [1.54, 1.807) is 0 Å². The molecule has 0 amide bonds. The van der Waals surface area contributed by atoms with Crippen molar-refractivity contribution in [3.8, 4) is 5.75 Å². The zero-order valence-corrected chi connectivity index (χ0v) is 12.3. The minimum atomic E-state index is -0.392. The lowest BCUT2D eigenvalue weighted by Gasteiger charge is -2.03. The molecule has 1 aromatic rings. The van der Waals surface area contributed by atoms with Crippen LogP contribution in [0, 0.1) is 0 Å². The Balaban J connectivity index is 2.04. The second-order valence-electron chi connectivity index (χ2n) is 4.86. The predicted molar refractivity (Wildman–Crippen MR) is 81.1 cm³/mol. The fourth-order valence-electron chi connectivity index (χ4n) is 2.08. The molecule has 0 spiro atoms. The highest BCUT2D eigenvalue weighted by atomic mass is 32.1. The molecule has 1 heterocycles. The monoisotopic (exact) mass is 284 g/mol. The summed E-state index contributed by atoms with van der Waals surface area (Å²) >= 11 is 4.19. The number of unbranched alkanes of at least 4 members (excludes halogenated alkanes) is 7. The lowest BCUT2D eigenvalue weighted by atomic mass is 10.1. The van der Waals surface area contributed by atoms with Crippen LogP contribution in [-0.2, 0) is 6.42 Å². The molecule has 0 aromatic carbocycles. The van der Waals surface area contributed by atoms with E-state index in [0.717, 1.165) is 18.6 Å². The molecule has 0 atom stereocenters. The van der Waals surface area contributed by atoms with Gasteiger partial charge in [0.2, 0.25) is 0 Å². The molecule has 1 N–H and O–H groups in total. The number of aromatic hydroxyl groups is 1. The second-order valence-corrected chi connectivity index (χ2v) is 5.31. The van der Waals surface area contributed by atoms with E-state index in [9.17, 15) is 9.90 Å². The topological polar surface area (TPSA) is 50.4 Å². The highest BCUT2D eigenvalue weighted by molar-refractivity contribution is 7.80. The molecular formula is C15H24O3S. The molecule has 0 aliphatic heterocycles. The van der Waals surface area contributed by atoms with Crippen molar-refractivity contribution in [1.82, 2.24) is 0 Å². The van der Waals surface area contributed by atoms with Gasteiger partial charge in [-0.1, -0.05) is 38.5 Å². The molecule has 0 saturated heterocycles. The van der Waals surface area contributed by atoms with Crippen molar-refractivity contribution in [1.29, 1.82) is 0 Å². The predicted octanol–water partition coefficient (Wildman–Crippen LogP) is 3.94. The molecule has 1 aromatic heterocycles. The number of rotatable bonds is 10. The Morgan fingerprint density at radius 2 is 1.53 bits per heavy atom. The zero-order chi connectivity index (χ0) is 13.9. The molecule has 4 heteroatoms. The summed E-state index contributed by atoms with van der Waals surface area (Å²) in [7, 11) is 0. The van der Waals surface area contributed by atoms with Crippen LogP contribution in [0.2, 0.25) is 0 Å². The van der Waals surface area contributed by atoms with E-state index < -0.39 is 5.63 Å². The quantitative estimate of drug-likeness (QED) is 0.505. The maximum absolute atomic E-state index is 11.0. The van der Waals surface area contributed by atoms with Crippen molar-refractivity contribution in [3.63, 3.8) is 0 Å². The summed E-state index contributed by atoms with van der Waals surface area (Å²) in [6.45, 7) is 0. The van der Waals surface area contributed by atoms with E-state index in [-0.39, 0.29) is 5.75 Å². The van der Waals surface area contributed by atoms with Gasteiger partial charge >= 0.3 is 5.63 Å². The van der Waals surface area contributed by atoms with Gasteiger partial charge in [-0.3, -0.25) is 0 Å². The number of thiol groups is 1.